The van der Waals surface area contributed by atoms with E-state index < -0.39 is 0 Å². The summed E-state index contributed by atoms with van der Waals surface area (Å²) >= 11 is 0. The minimum absolute atomic E-state index is 0.0370. The van der Waals surface area contributed by atoms with Gasteiger partial charge in [-0.1, -0.05) is 31.0 Å². The Labute approximate surface area is 153 Å². The zero-order valence-corrected chi connectivity index (χ0v) is 14.9. The molecule has 4 rings (SSSR count). The first-order chi connectivity index (χ1) is 12.6. The molecule has 1 aromatic carbocycles. The molecule has 0 radical (unpaired) electrons. The Morgan fingerprint density at radius 2 is 1.42 bits per heavy atom. The SMILES string of the molecule is O=C(Oc1ccccc1)C1CCC(N2C(=O)C3CCCCC3C2=O)CC1. The van der Waals surface area contributed by atoms with E-state index in [-0.39, 0.29) is 41.6 Å². The molecule has 1 heterocycles. The standard InChI is InChI=1S/C21H25NO4/c23-19-17-8-4-5-9-18(17)20(24)22(19)15-12-10-14(11-13-15)21(25)26-16-6-2-1-3-7-16/h1-3,6-7,14-15,17-18H,4-5,8-13H2. The molecule has 2 saturated carbocycles. The van der Waals surface area contributed by atoms with Crippen LogP contribution in [0.3, 0.4) is 0 Å². The Morgan fingerprint density at radius 1 is 0.846 bits per heavy atom. The Balaban J connectivity index is 1.35. The summed E-state index contributed by atoms with van der Waals surface area (Å²) in [7, 11) is 0. The molecule has 1 aliphatic heterocycles. The number of ether oxygens (including phenoxy) is 1. The van der Waals surface area contributed by atoms with Gasteiger partial charge in [0.25, 0.3) is 0 Å². The normalized spacial score (nSPS) is 31.6. The van der Waals surface area contributed by atoms with E-state index in [9.17, 15) is 14.4 Å². The van der Waals surface area contributed by atoms with E-state index in [1.165, 1.54) is 0 Å². The van der Waals surface area contributed by atoms with Crippen molar-refractivity contribution < 1.29 is 19.1 Å². The number of amides is 2. The molecule has 26 heavy (non-hydrogen) atoms. The fourth-order valence-corrected chi connectivity index (χ4v) is 4.81. The number of hydrogen-bond acceptors (Lipinski definition) is 4. The van der Waals surface area contributed by atoms with Gasteiger partial charge in [0.15, 0.2) is 0 Å². The van der Waals surface area contributed by atoms with Crippen molar-refractivity contribution in [3.05, 3.63) is 30.3 Å². The second-order valence-electron chi connectivity index (χ2n) is 7.78. The summed E-state index contributed by atoms with van der Waals surface area (Å²) in [5, 5.41) is 0. The summed E-state index contributed by atoms with van der Waals surface area (Å²) in [6.07, 6.45) is 6.54. The van der Waals surface area contributed by atoms with E-state index in [0.717, 1.165) is 25.7 Å². The third kappa shape index (κ3) is 3.15. The van der Waals surface area contributed by atoms with E-state index in [1.54, 1.807) is 17.0 Å². The van der Waals surface area contributed by atoms with Crippen LogP contribution in [-0.2, 0) is 14.4 Å². The second kappa shape index (κ2) is 7.22. The molecule has 1 aromatic rings. The molecule has 0 aromatic heterocycles. The highest BCUT2D eigenvalue weighted by molar-refractivity contribution is 6.05. The number of imide groups is 1. The van der Waals surface area contributed by atoms with Crippen molar-refractivity contribution in [1.29, 1.82) is 0 Å². The minimum atomic E-state index is -0.206. The second-order valence-corrected chi connectivity index (χ2v) is 7.78. The number of nitrogens with zero attached hydrogens (tertiary/aromatic N) is 1. The largest absolute Gasteiger partial charge is 0.426 e. The van der Waals surface area contributed by atoms with E-state index in [0.29, 0.717) is 31.4 Å². The Hall–Kier alpha value is -2.17. The molecular formula is C21H25NO4. The van der Waals surface area contributed by atoms with Gasteiger partial charge in [0.1, 0.15) is 5.75 Å². The van der Waals surface area contributed by atoms with E-state index in [1.807, 2.05) is 18.2 Å². The van der Waals surface area contributed by atoms with Crippen LogP contribution < -0.4 is 4.74 Å². The molecule has 3 aliphatic rings. The maximum absolute atomic E-state index is 12.7. The number of rotatable bonds is 3. The van der Waals surface area contributed by atoms with Crippen molar-refractivity contribution in [2.24, 2.45) is 17.8 Å². The summed E-state index contributed by atoms with van der Waals surface area (Å²) in [5.74, 6) is 0.108. The predicted molar refractivity (Wildman–Crippen MR) is 95.1 cm³/mol. The zero-order chi connectivity index (χ0) is 18.1. The van der Waals surface area contributed by atoms with Crippen LogP contribution in [0.1, 0.15) is 51.4 Å². The Bertz CT molecular complexity index is 669. The highest BCUT2D eigenvalue weighted by atomic mass is 16.5. The molecule has 5 nitrogen and oxygen atoms in total. The molecular weight excluding hydrogens is 330 g/mol. The first-order valence-corrected chi connectivity index (χ1v) is 9.79. The van der Waals surface area contributed by atoms with Crippen LogP contribution in [0, 0.1) is 17.8 Å². The van der Waals surface area contributed by atoms with Crippen LogP contribution in [-0.4, -0.2) is 28.7 Å². The molecule has 0 bridgehead atoms. The number of hydrogen-bond donors (Lipinski definition) is 0. The molecule has 138 valence electrons. The molecule has 2 unspecified atom stereocenters. The maximum atomic E-state index is 12.7. The van der Waals surface area contributed by atoms with Gasteiger partial charge in [-0.25, -0.2) is 0 Å². The molecule has 2 amide bonds. The number of likely N-dealkylation sites (tertiary alicyclic amines) is 1. The number of fused-ring (bicyclic) bond motifs is 1. The lowest BCUT2D eigenvalue weighted by Crippen LogP contribution is -2.43. The summed E-state index contributed by atoms with van der Waals surface area (Å²) < 4.78 is 5.45. The molecule has 1 saturated heterocycles. The van der Waals surface area contributed by atoms with Gasteiger partial charge in [0.05, 0.1) is 17.8 Å². The van der Waals surface area contributed by atoms with Crippen LogP contribution in [0.5, 0.6) is 5.75 Å². The smallest absolute Gasteiger partial charge is 0.314 e. The van der Waals surface area contributed by atoms with Gasteiger partial charge in [-0.15, -0.1) is 0 Å². The highest BCUT2D eigenvalue weighted by Gasteiger charge is 2.50. The average molecular weight is 355 g/mol. The topological polar surface area (TPSA) is 63.7 Å². The Morgan fingerprint density at radius 3 is 2.00 bits per heavy atom. The number of para-hydroxylation sites is 1. The first kappa shape index (κ1) is 17.3. The van der Waals surface area contributed by atoms with Gasteiger partial charge in [-0.05, 0) is 50.7 Å². The minimum Gasteiger partial charge on any atom is -0.426 e. The van der Waals surface area contributed by atoms with E-state index in [2.05, 4.69) is 0 Å². The zero-order valence-electron chi connectivity index (χ0n) is 14.9. The van der Waals surface area contributed by atoms with Crippen LogP contribution in [0.25, 0.3) is 0 Å². The van der Waals surface area contributed by atoms with Crippen LogP contribution >= 0.6 is 0 Å². The van der Waals surface area contributed by atoms with Crippen molar-refractivity contribution in [3.63, 3.8) is 0 Å². The summed E-state index contributed by atoms with van der Waals surface area (Å²) in [6.45, 7) is 0. The summed E-state index contributed by atoms with van der Waals surface area (Å²) in [5.41, 5.74) is 0. The van der Waals surface area contributed by atoms with Gasteiger partial charge >= 0.3 is 5.97 Å². The van der Waals surface area contributed by atoms with Gasteiger partial charge in [0, 0.05) is 6.04 Å². The molecule has 2 aliphatic carbocycles. The maximum Gasteiger partial charge on any atom is 0.314 e. The molecule has 3 fully saturated rings. The third-order valence-electron chi connectivity index (χ3n) is 6.23. The van der Waals surface area contributed by atoms with Crippen molar-refractivity contribution in [3.8, 4) is 5.75 Å². The fourth-order valence-electron chi connectivity index (χ4n) is 4.81. The fraction of sp³-hybridized carbons (Fsp3) is 0.571. The summed E-state index contributed by atoms with van der Waals surface area (Å²) in [4.78, 5) is 39.4. The number of carbonyl (C=O) groups is 3. The van der Waals surface area contributed by atoms with Gasteiger partial charge in [0.2, 0.25) is 11.8 Å². The monoisotopic (exact) mass is 355 g/mol. The number of esters is 1. The first-order valence-electron chi connectivity index (χ1n) is 9.79. The quantitative estimate of drug-likeness (QED) is 0.474. The average Bonchev–Trinajstić information content (AvgIpc) is 2.94. The van der Waals surface area contributed by atoms with Crippen molar-refractivity contribution in [2.45, 2.75) is 57.4 Å². The molecule has 2 atom stereocenters. The van der Waals surface area contributed by atoms with E-state index in [4.69, 9.17) is 4.74 Å². The number of carbonyl (C=O) groups excluding carboxylic acids is 3. The molecule has 5 heteroatoms. The lowest BCUT2D eigenvalue weighted by molar-refractivity contribution is -0.144. The highest BCUT2D eigenvalue weighted by Crippen LogP contribution is 2.41. The lowest BCUT2D eigenvalue weighted by Gasteiger charge is -2.32. The van der Waals surface area contributed by atoms with E-state index >= 15 is 0 Å². The lowest BCUT2D eigenvalue weighted by atomic mass is 9.81. The van der Waals surface area contributed by atoms with Crippen molar-refractivity contribution in [1.82, 2.24) is 4.90 Å². The molecule has 0 N–H and O–H groups in total. The Kier molecular flexibility index (Phi) is 4.79. The van der Waals surface area contributed by atoms with Gasteiger partial charge in [-0.3, -0.25) is 19.3 Å². The van der Waals surface area contributed by atoms with Crippen molar-refractivity contribution >= 4 is 17.8 Å². The molecule has 0 spiro atoms. The van der Waals surface area contributed by atoms with Crippen LogP contribution in [0.15, 0.2) is 30.3 Å². The number of benzene rings is 1. The van der Waals surface area contributed by atoms with Crippen LogP contribution in [0.2, 0.25) is 0 Å². The predicted octanol–water partition coefficient (Wildman–Crippen LogP) is 3.33. The van der Waals surface area contributed by atoms with Gasteiger partial charge in [-0.2, -0.15) is 0 Å². The van der Waals surface area contributed by atoms with Gasteiger partial charge < -0.3 is 4.74 Å². The third-order valence-corrected chi connectivity index (χ3v) is 6.23. The van der Waals surface area contributed by atoms with Crippen molar-refractivity contribution in [2.75, 3.05) is 0 Å². The van der Waals surface area contributed by atoms with Crippen LogP contribution in [0.4, 0.5) is 0 Å². The summed E-state index contributed by atoms with van der Waals surface area (Å²) in [6, 6.07) is 9.05.